The van der Waals surface area contributed by atoms with Gasteiger partial charge in [0, 0.05) is 53.8 Å². The molecule has 7 nitrogen and oxygen atoms in total. The van der Waals surface area contributed by atoms with Gasteiger partial charge in [0.05, 0.1) is 31.5 Å². The lowest BCUT2D eigenvalue weighted by molar-refractivity contribution is 0.0342. The molecule has 0 unspecified atom stereocenters. The first-order chi connectivity index (χ1) is 16.3. The summed E-state index contributed by atoms with van der Waals surface area (Å²) < 4.78 is 10.6. The zero-order chi connectivity index (χ0) is 22.2. The summed E-state index contributed by atoms with van der Waals surface area (Å²) in [7, 11) is 1.62. The van der Waals surface area contributed by atoms with Crippen molar-refractivity contribution in [2.45, 2.75) is 6.54 Å². The maximum absolute atomic E-state index is 5.47. The van der Waals surface area contributed by atoms with E-state index in [1.807, 2.05) is 18.3 Å². The van der Waals surface area contributed by atoms with Gasteiger partial charge in [-0.1, -0.05) is 12.1 Å². The molecule has 33 heavy (non-hydrogen) atoms. The van der Waals surface area contributed by atoms with Crippen molar-refractivity contribution in [3.8, 4) is 28.4 Å². The first-order valence-corrected chi connectivity index (χ1v) is 11.2. The van der Waals surface area contributed by atoms with Crippen LogP contribution in [0.4, 0.5) is 0 Å². The molecular weight excluding hydrogens is 414 g/mol. The van der Waals surface area contributed by atoms with Crippen molar-refractivity contribution < 1.29 is 9.47 Å². The lowest BCUT2D eigenvalue weighted by atomic mass is 10.0. The molecule has 4 heterocycles. The minimum absolute atomic E-state index is 0.606. The Morgan fingerprint density at radius 2 is 1.82 bits per heavy atom. The first-order valence-electron chi connectivity index (χ1n) is 11.2. The van der Waals surface area contributed by atoms with Crippen LogP contribution >= 0.6 is 0 Å². The van der Waals surface area contributed by atoms with Gasteiger partial charge in [0.25, 0.3) is 0 Å². The molecule has 0 atom stereocenters. The van der Waals surface area contributed by atoms with Crippen molar-refractivity contribution >= 4 is 21.8 Å². The van der Waals surface area contributed by atoms with E-state index in [0.29, 0.717) is 5.88 Å². The molecular formula is C26H25N5O2. The van der Waals surface area contributed by atoms with E-state index in [0.717, 1.165) is 71.8 Å². The van der Waals surface area contributed by atoms with Crippen LogP contribution < -0.4 is 4.74 Å². The largest absolute Gasteiger partial charge is 0.481 e. The van der Waals surface area contributed by atoms with Crippen molar-refractivity contribution in [2.75, 3.05) is 33.4 Å². The van der Waals surface area contributed by atoms with Gasteiger partial charge in [-0.15, -0.1) is 0 Å². The fourth-order valence-electron chi connectivity index (χ4n) is 4.50. The minimum Gasteiger partial charge on any atom is -0.481 e. The molecule has 1 fully saturated rings. The zero-order valence-corrected chi connectivity index (χ0v) is 18.5. The van der Waals surface area contributed by atoms with Crippen molar-refractivity contribution in [1.29, 1.82) is 0 Å². The smallest absolute Gasteiger partial charge is 0.212 e. The second-order valence-electron chi connectivity index (χ2n) is 8.41. The number of morpholine rings is 1. The van der Waals surface area contributed by atoms with E-state index in [1.165, 1.54) is 10.9 Å². The molecule has 0 saturated carbocycles. The molecule has 166 valence electrons. The van der Waals surface area contributed by atoms with Crippen LogP contribution in [0.3, 0.4) is 0 Å². The normalized spacial score (nSPS) is 14.8. The van der Waals surface area contributed by atoms with Gasteiger partial charge in [-0.3, -0.25) is 10.00 Å². The number of nitrogens with one attached hydrogen (secondary N) is 2. The molecule has 1 aliphatic rings. The van der Waals surface area contributed by atoms with Crippen molar-refractivity contribution in [3.05, 3.63) is 66.4 Å². The van der Waals surface area contributed by atoms with Crippen LogP contribution in [0, 0.1) is 0 Å². The molecule has 0 aliphatic carbocycles. The molecule has 1 saturated heterocycles. The number of rotatable bonds is 5. The molecule has 5 aromatic rings. The number of H-pyrrole nitrogens is 2. The fourth-order valence-corrected chi connectivity index (χ4v) is 4.50. The number of pyridine rings is 1. The lowest BCUT2D eigenvalue weighted by Crippen LogP contribution is -2.35. The summed E-state index contributed by atoms with van der Waals surface area (Å²) in [5, 5.41) is 10.1. The van der Waals surface area contributed by atoms with E-state index in [2.05, 4.69) is 67.5 Å². The molecule has 0 spiro atoms. The SMILES string of the molecule is COc1ccc(-c2ccc3[nH]nc(-c4cc5cc(CN6CCOCC6)ccc5[nH]4)c3c2)cn1. The minimum atomic E-state index is 0.606. The number of nitrogens with zero attached hydrogens (tertiary/aromatic N) is 3. The van der Waals surface area contributed by atoms with Crippen molar-refractivity contribution in [1.82, 2.24) is 25.1 Å². The van der Waals surface area contributed by atoms with Gasteiger partial charge in [0.2, 0.25) is 5.88 Å². The molecule has 7 heteroatoms. The van der Waals surface area contributed by atoms with Gasteiger partial charge in [-0.05, 0) is 47.5 Å². The average Bonchev–Trinajstić information content (AvgIpc) is 3.48. The predicted molar refractivity (Wildman–Crippen MR) is 129 cm³/mol. The number of aromatic nitrogens is 4. The van der Waals surface area contributed by atoms with Crippen LogP contribution in [0.15, 0.2) is 60.8 Å². The summed E-state index contributed by atoms with van der Waals surface area (Å²) in [6, 6.07) is 19.0. The Hall–Kier alpha value is -3.68. The zero-order valence-electron chi connectivity index (χ0n) is 18.5. The molecule has 2 N–H and O–H groups in total. The standard InChI is InChI=1S/C26H25N5O2/c1-32-25-7-4-19(15-27-25)18-3-6-23-21(13-18)26(30-29-23)24-14-20-12-17(2-5-22(20)28-24)16-31-8-10-33-11-9-31/h2-7,12-15,28H,8-11,16H2,1H3,(H,29,30). The van der Waals surface area contributed by atoms with Crippen LogP contribution in [0.1, 0.15) is 5.56 Å². The van der Waals surface area contributed by atoms with E-state index in [1.54, 1.807) is 7.11 Å². The topological polar surface area (TPSA) is 79.1 Å². The van der Waals surface area contributed by atoms with Crippen LogP contribution in [0.25, 0.3) is 44.3 Å². The first kappa shape index (κ1) is 20.0. The average molecular weight is 440 g/mol. The third-order valence-corrected chi connectivity index (χ3v) is 6.29. The summed E-state index contributed by atoms with van der Waals surface area (Å²) >= 11 is 0. The number of aromatic amines is 2. The Morgan fingerprint density at radius 3 is 2.64 bits per heavy atom. The van der Waals surface area contributed by atoms with Gasteiger partial charge in [-0.2, -0.15) is 5.10 Å². The van der Waals surface area contributed by atoms with E-state index >= 15 is 0 Å². The monoisotopic (exact) mass is 439 g/mol. The van der Waals surface area contributed by atoms with Crippen LogP contribution in [-0.2, 0) is 11.3 Å². The summed E-state index contributed by atoms with van der Waals surface area (Å²) in [4.78, 5) is 10.3. The van der Waals surface area contributed by atoms with Gasteiger partial charge < -0.3 is 14.5 Å². The second-order valence-corrected chi connectivity index (χ2v) is 8.41. The Balaban J connectivity index is 1.33. The number of ether oxygens (including phenoxy) is 2. The third-order valence-electron chi connectivity index (χ3n) is 6.29. The summed E-state index contributed by atoms with van der Waals surface area (Å²) in [6.07, 6.45) is 1.83. The molecule has 3 aromatic heterocycles. The number of hydrogen-bond acceptors (Lipinski definition) is 5. The van der Waals surface area contributed by atoms with Crippen molar-refractivity contribution in [3.63, 3.8) is 0 Å². The Morgan fingerprint density at radius 1 is 0.970 bits per heavy atom. The van der Waals surface area contributed by atoms with Crippen LogP contribution in [0.5, 0.6) is 5.88 Å². The van der Waals surface area contributed by atoms with E-state index in [4.69, 9.17) is 9.47 Å². The Bertz CT molecular complexity index is 1410. The molecule has 0 radical (unpaired) electrons. The van der Waals surface area contributed by atoms with Crippen LogP contribution in [-0.4, -0.2) is 58.5 Å². The van der Waals surface area contributed by atoms with E-state index in [-0.39, 0.29) is 0 Å². The maximum atomic E-state index is 5.47. The molecule has 0 bridgehead atoms. The highest BCUT2D eigenvalue weighted by Gasteiger charge is 2.14. The number of fused-ring (bicyclic) bond motifs is 2. The van der Waals surface area contributed by atoms with E-state index < -0.39 is 0 Å². The third kappa shape index (κ3) is 3.86. The number of methoxy groups -OCH3 is 1. The van der Waals surface area contributed by atoms with Gasteiger partial charge in [0.1, 0.15) is 5.69 Å². The Labute approximate surface area is 191 Å². The van der Waals surface area contributed by atoms with Gasteiger partial charge >= 0.3 is 0 Å². The quantitative estimate of drug-likeness (QED) is 0.418. The Kier molecular flexibility index (Phi) is 5.05. The molecule has 1 aliphatic heterocycles. The molecule has 2 aromatic carbocycles. The van der Waals surface area contributed by atoms with Gasteiger partial charge in [-0.25, -0.2) is 4.98 Å². The van der Waals surface area contributed by atoms with E-state index in [9.17, 15) is 0 Å². The highest BCUT2D eigenvalue weighted by molar-refractivity contribution is 5.97. The predicted octanol–water partition coefficient (Wildman–Crippen LogP) is 4.61. The molecule has 0 amide bonds. The number of hydrogen-bond donors (Lipinski definition) is 2. The van der Waals surface area contributed by atoms with Gasteiger partial charge in [0.15, 0.2) is 0 Å². The number of benzene rings is 2. The highest BCUT2D eigenvalue weighted by Crippen LogP contribution is 2.32. The maximum Gasteiger partial charge on any atom is 0.212 e. The summed E-state index contributed by atoms with van der Waals surface area (Å²) in [6.45, 7) is 4.56. The summed E-state index contributed by atoms with van der Waals surface area (Å²) in [5.41, 5.74) is 7.47. The second kappa shape index (κ2) is 8.35. The van der Waals surface area contributed by atoms with Crippen molar-refractivity contribution in [2.24, 2.45) is 0 Å². The van der Waals surface area contributed by atoms with Crippen LogP contribution in [0.2, 0.25) is 0 Å². The highest BCUT2D eigenvalue weighted by atomic mass is 16.5. The lowest BCUT2D eigenvalue weighted by Gasteiger charge is -2.26. The molecule has 6 rings (SSSR count). The fraction of sp³-hybridized carbons (Fsp3) is 0.231. The summed E-state index contributed by atoms with van der Waals surface area (Å²) in [5.74, 6) is 0.606.